The summed E-state index contributed by atoms with van der Waals surface area (Å²) in [7, 11) is 0. The van der Waals surface area contributed by atoms with Crippen molar-refractivity contribution in [1.82, 2.24) is 0 Å². The smallest absolute Gasteiger partial charge is 0.0966 e. The van der Waals surface area contributed by atoms with Crippen LogP contribution in [-0.2, 0) is 4.74 Å². The van der Waals surface area contributed by atoms with Gasteiger partial charge < -0.3 is 10.5 Å². The van der Waals surface area contributed by atoms with E-state index in [1.54, 1.807) is 6.21 Å². The number of aliphatic imine (C=N–C) groups is 1. The van der Waals surface area contributed by atoms with Crippen LogP contribution >= 0.6 is 22.6 Å². The maximum Gasteiger partial charge on any atom is 0.0966 e. The van der Waals surface area contributed by atoms with E-state index in [0.29, 0.717) is 6.04 Å². The molecule has 0 aliphatic carbocycles. The number of nitrogens with zero attached hydrogens (tertiary/aromatic N) is 1. The van der Waals surface area contributed by atoms with E-state index in [-0.39, 0.29) is 0 Å². The van der Waals surface area contributed by atoms with Gasteiger partial charge in [0.1, 0.15) is 0 Å². The number of hydrogen-bond donors (Lipinski definition) is 1. The maximum atomic E-state index is 5.23. The molecule has 0 amide bonds. The minimum Gasteiger partial charge on any atom is -0.404 e. The molecule has 0 aromatic carbocycles. The molecule has 1 heterocycles. The van der Waals surface area contributed by atoms with Gasteiger partial charge in [-0.3, -0.25) is 4.99 Å². The highest BCUT2D eigenvalue weighted by molar-refractivity contribution is 14.1. The van der Waals surface area contributed by atoms with Crippen LogP contribution in [0.5, 0.6) is 0 Å². The van der Waals surface area contributed by atoms with Crippen molar-refractivity contribution < 1.29 is 4.74 Å². The monoisotopic (exact) mass is 252 g/mol. The molecule has 56 valence electrons. The lowest BCUT2D eigenvalue weighted by atomic mass is 10.3. The highest BCUT2D eigenvalue weighted by Gasteiger charge is 2.15. The lowest BCUT2D eigenvalue weighted by molar-refractivity contribution is 0.0135. The Morgan fingerprint density at radius 3 is 2.80 bits per heavy atom. The Hall–Kier alpha value is -0.100. The normalized spacial score (nSPS) is 21.5. The summed E-state index contributed by atoms with van der Waals surface area (Å²) in [5.74, 6) is 0. The van der Waals surface area contributed by atoms with E-state index >= 15 is 0 Å². The Kier molecular flexibility index (Phi) is 3.14. The summed E-state index contributed by atoms with van der Waals surface area (Å²) in [5, 5.41) is 0. The number of halogens is 1. The lowest BCUT2D eigenvalue weighted by Gasteiger charge is -2.21. The molecular formula is C6H9IN2O. The molecule has 0 aromatic rings. The first-order chi connectivity index (χ1) is 4.83. The second kappa shape index (κ2) is 3.92. The molecule has 1 aliphatic heterocycles. The first kappa shape index (κ1) is 8.00. The van der Waals surface area contributed by atoms with Crippen molar-refractivity contribution >= 4 is 28.8 Å². The molecule has 0 spiro atoms. The van der Waals surface area contributed by atoms with Crippen molar-refractivity contribution in [2.24, 2.45) is 10.7 Å². The van der Waals surface area contributed by atoms with Gasteiger partial charge in [0.15, 0.2) is 0 Å². The van der Waals surface area contributed by atoms with Crippen molar-refractivity contribution in [3.63, 3.8) is 0 Å². The second-order valence-corrected chi connectivity index (χ2v) is 3.27. The van der Waals surface area contributed by atoms with E-state index < -0.39 is 0 Å². The maximum absolute atomic E-state index is 5.23. The molecule has 1 fully saturated rings. The van der Waals surface area contributed by atoms with E-state index in [1.165, 1.54) is 6.20 Å². The molecule has 0 atom stereocenters. The zero-order valence-electron chi connectivity index (χ0n) is 5.46. The van der Waals surface area contributed by atoms with Gasteiger partial charge >= 0.3 is 0 Å². The fraction of sp³-hybridized carbons (Fsp3) is 0.500. The molecule has 0 radical (unpaired) electrons. The van der Waals surface area contributed by atoms with Gasteiger partial charge in [-0.25, -0.2) is 0 Å². The van der Waals surface area contributed by atoms with Gasteiger partial charge in [-0.1, -0.05) is 0 Å². The van der Waals surface area contributed by atoms with Crippen LogP contribution in [0.3, 0.4) is 0 Å². The Morgan fingerprint density at radius 1 is 1.70 bits per heavy atom. The van der Waals surface area contributed by atoms with Crippen LogP contribution in [0.15, 0.2) is 14.8 Å². The average Bonchev–Trinajstić information content (AvgIpc) is 1.84. The van der Waals surface area contributed by atoms with Gasteiger partial charge in [0.25, 0.3) is 0 Å². The summed E-state index contributed by atoms with van der Waals surface area (Å²) in [5.41, 5.74) is 5.23. The average molecular weight is 252 g/mol. The zero-order valence-corrected chi connectivity index (χ0v) is 7.61. The van der Waals surface area contributed by atoms with Crippen molar-refractivity contribution in [2.45, 2.75) is 6.04 Å². The van der Waals surface area contributed by atoms with Crippen LogP contribution in [0.2, 0.25) is 0 Å². The molecule has 10 heavy (non-hydrogen) atoms. The zero-order chi connectivity index (χ0) is 7.40. The van der Waals surface area contributed by atoms with Crippen molar-refractivity contribution in [3.05, 3.63) is 9.78 Å². The molecular weight excluding hydrogens is 243 g/mol. The van der Waals surface area contributed by atoms with Crippen molar-refractivity contribution in [3.8, 4) is 0 Å². The molecule has 4 heteroatoms. The van der Waals surface area contributed by atoms with E-state index in [0.717, 1.165) is 16.8 Å². The molecule has 0 bridgehead atoms. The predicted molar refractivity (Wildman–Crippen MR) is 49.4 cm³/mol. The highest BCUT2D eigenvalue weighted by atomic mass is 127. The minimum atomic E-state index is 0.365. The van der Waals surface area contributed by atoms with E-state index in [4.69, 9.17) is 10.5 Å². The largest absolute Gasteiger partial charge is 0.404 e. The first-order valence-corrected chi connectivity index (χ1v) is 4.09. The Labute approximate surface area is 73.5 Å². The summed E-state index contributed by atoms with van der Waals surface area (Å²) < 4.78 is 5.90. The van der Waals surface area contributed by atoms with Crippen LogP contribution in [0.4, 0.5) is 0 Å². The molecule has 1 saturated heterocycles. The molecule has 3 nitrogen and oxygen atoms in total. The Balaban J connectivity index is 2.27. The Bertz CT molecular complexity index is 163. The molecule has 1 rings (SSSR count). The van der Waals surface area contributed by atoms with Crippen LogP contribution in [0, 0.1) is 0 Å². The summed E-state index contributed by atoms with van der Waals surface area (Å²) in [6, 6.07) is 0.365. The quantitative estimate of drug-likeness (QED) is 0.580. The van der Waals surface area contributed by atoms with E-state index in [9.17, 15) is 0 Å². The van der Waals surface area contributed by atoms with Gasteiger partial charge in [-0.2, -0.15) is 0 Å². The number of ether oxygens (including phenoxy) is 1. The molecule has 0 aromatic heterocycles. The van der Waals surface area contributed by atoms with Gasteiger partial charge in [0.2, 0.25) is 0 Å². The number of nitrogens with two attached hydrogens (primary N) is 1. The fourth-order valence-electron chi connectivity index (χ4n) is 0.529. The van der Waals surface area contributed by atoms with E-state index in [2.05, 4.69) is 27.6 Å². The summed E-state index contributed by atoms with van der Waals surface area (Å²) in [6.07, 6.45) is 3.30. The minimum absolute atomic E-state index is 0.365. The summed E-state index contributed by atoms with van der Waals surface area (Å²) >= 11 is 2.13. The van der Waals surface area contributed by atoms with Crippen LogP contribution in [0.25, 0.3) is 0 Å². The Morgan fingerprint density at radius 2 is 2.40 bits per heavy atom. The molecule has 0 saturated carbocycles. The van der Waals surface area contributed by atoms with Crippen molar-refractivity contribution in [1.29, 1.82) is 0 Å². The van der Waals surface area contributed by atoms with Crippen molar-refractivity contribution in [2.75, 3.05) is 13.2 Å². The topological polar surface area (TPSA) is 47.6 Å². The molecule has 2 N–H and O–H groups in total. The third-order valence-electron chi connectivity index (χ3n) is 1.19. The molecule has 1 aliphatic rings. The second-order valence-electron chi connectivity index (χ2n) is 2.02. The molecule has 0 unspecified atom stereocenters. The number of allylic oxidation sites excluding steroid dienone is 1. The van der Waals surface area contributed by atoms with Crippen LogP contribution in [0.1, 0.15) is 0 Å². The van der Waals surface area contributed by atoms with Crippen LogP contribution < -0.4 is 5.73 Å². The van der Waals surface area contributed by atoms with Gasteiger partial charge in [-0.05, 0) is 22.6 Å². The standard InChI is InChI=1S/C6H9IN2O/c7-5(1-8)2-9-6-3-10-4-6/h1-2,6H,3-4,8H2. The number of hydrogen-bond acceptors (Lipinski definition) is 3. The first-order valence-electron chi connectivity index (χ1n) is 3.01. The van der Waals surface area contributed by atoms with Gasteiger partial charge in [0.05, 0.1) is 19.3 Å². The van der Waals surface area contributed by atoms with E-state index in [1.807, 2.05) is 0 Å². The van der Waals surface area contributed by atoms with Gasteiger partial charge in [0, 0.05) is 16.0 Å². The SMILES string of the molecule is NC=C(I)C=NC1COC1. The third kappa shape index (κ3) is 2.26. The summed E-state index contributed by atoms with van der Waals surface area (Å²) in [4.78, 5) is 4.19. The van der Waals surface area contributed by atoms with Crippen LogP contribution in [-0.4, -0.2) is 25.5 Å². The predicted octanol–water partition coefficient (Wildman–Crippen LogP) is 0.691. The highest BCUT2D eigenvalue weighted by Crippen LogP contribution is 2.06. The van der Waals surface area contributed by atoms with Gasteiger partial charge in [-0.15, -0.1) is 0 Å². The third-order valence-corrected chi connectivity index (χ3v) is 1.83. The fourth-order valence-corrected chi connectivity index (χ4v) is 0.690. The number of rotatable bonds is 2. The lowest BCUT2D eigenvalue weighted by Crippen LogP contribution is -2.31. The summed E-state index contributed by atoms with van der Waals surface area (Å²) in [6.45, 7) is 1.51.